The van der Waals surface area contributed by atoms with Crippen LogP contribution in [0.15, 0.2) is 30.3 Å². The van der Waals surface area contributed by atoms with Gasteiger partial charge in [-0.15, -0.1) is 0 Å². The molecule has 0 saturated carbocycles. The third-order valence-electron chi connectivity index (χ3n) is 1.81. The Bertz CT molecular complexity index is 430. The number of para-hydroxylation sites is 1. The molecule has 0 atom stereocenters. The first-order chi connectivity index (χ1) is 7.59. The first-order valence-corrected chi connectivity index (χ1v) is 5.04. The molecule has 0 unspecified atom stereocenters. The van der Waals surface area contributed by atoms with Crippen LogP contribution in [0.4, 0.5) is 5.69 Å². The summed E-state index contributed by atoms with van der Waals surface area (Å²) in [6.45, 7) is 0. The van der Waals surface area contributed by atoms with Crippen molar-refractivity contribution in [2.75, 3.05) is 5.32 Å². The summed E-state index contributed by atoms with van der Waals surface area (Å²) in [7, 11) is 0. The molecule has 0 spiro atoms. The van der Waals surface area contributed by atoms with Gasteiger partial charge in [0.15, 0.2) is 5.11 Å². The van der Waals surface area contributed by atoms with Gasteiger partial charge in [-0.05, 0) is 23.8 Å². The molecule has 0 bridgehead atoms. The van der Waals surface area contributed by atoms with E-state index in [0.717, 1.165) is 11.3 Å². The Morgan fingerprint density at radius 2 is 2.19 bits per heavy atom. The Morgan fingerprint density at radius 1 is 1.50 bits per heavy atom. The Labute approximate surface area is 98.8 Å². The van der Waals surface area contributed by atoms with E-state index >= 15 is 0 Å². The molecule has 0 aliphatic carbocycles. The molecule has 0 aromatic heterocycles. The van der Waals surface area contributed by atoms with Crippen LogP contribution >= 0.6 is 12.2 Å². The Hall–Kier alpha value is -1.88. The highest BCUT2D eigenvalue weighted by atomic mass is 32.1. The number of hydrogen-bond acceptors (Lipinski definition) is 2. The second-order valence-corrected chi connectivity index (χ2v) is 3.52. The monoisotopic (exact) mass is 236 g/mol. The van der Waals surface area contributed by atoms with Gasteiger partial charge in [0, 0.05) is 5.69 Å². The van der Waals surface area contributed by atoms with Crippen LogP contribution in [-0.4, -0.2) is 16.2 Å². The Morgan fingerprint density at radius 3 is 2.81 bits per heavy atom. The van der Waals surface area contributed by atoms with Crippen molar-refractivity contribution in [3.05, 3.63) is 35.9 Å². The minimum Gasteiger partial charge on any atom is -0.481 e. The molecule has 84 valence electrons. The molecule has 1 aromatic rings. The van der Waals surface area contributed by atoms with Crippen LogP contribution in [0, 0.1) is 0 Å². The minimum absolute atomic E-state index is 0.0125. The van der Waals surface area contributed by atoms with Crippen LogP contribution in [0.5, 0.6) is 0 Å². The second-order valence-electron chi connectivity index (χ2n) is 3.08. The van der Waals surface area contributed by atoms with Gasteiger partial charge in [0.2, 0.25) is 0 Å². The number of carbonyl (C=O) groups is 1. The molecule has 0 fully saturated rings. The molecule has 0 radical (unpaired) electrons. The number of nitrogens with one attached hydrogen (secondary N) is 1. The number of carboxylic acids is 1. The average Bonchev–Trinajstić information content (AvgIpc) is 2.19. The molecular formula is C11H12N2O2S. The number of nitrogens with two attached hydrogens (primary N) is 1. The lowest BCUT2D eigenvalue weighted by molar-refractivity contribution is -0.135. The molecule has 16 heavy (non-hydrogen) atoms. The lowest BCUT2D eigenvalue weighted by Crippen LogP contribution is -2.19. The Kier molecular flexibility index (Phi) is 4.47. The van der Waals surface area contributed by atoms with E-state index in [-0.39, 0.29) is 11.5 Å². The molecule has 0 aliphatic rings. The van der Waals surface area contributed by atoms with E-state index in [0.29, 0.717) is 0 Å². The number of thiocarbonyl (C=S) groups is 1. The quantitative estimate of drug-likeness (QED) is 0.695. The van der Waals surface area contributed by atoms with Crippen molar-refractivity contribution < 1.29 is 9.90 Å². The SMILES string of the molecule is NC(=S)Nc1ccccc1C=CCC(=O)O. The van der Waals surface area contributed by atoms with Gasteiger partial charge in [0.1, 0.15) is 0 Å². The summed E-state index contributed by atoms with van der Waals surface area (Å²) < 4.78 is 0. The first-order valence-electron chi connectivity index (χ1n) is 4.63. The second kappa shape index (κ2) is 5.87. The van der Waals surface area contributed by atoms with Crippen molar-refractivity contribution in [1.82, 2.24) is 0 Å². The molecular weight excluding hydrogens is 224 g/mol. The average molecular weight is 236 g/mol. The van der Waals surface area contributed by atoms with Gasteiger partial charge in [-0.1, -0.05) is 30.4 Å². The highest BCUT2D eigenvalue weighted by Crippen LogP contribution is 2.16. The largest absolute Gasteiger partial charge is 0.481 e. The first kappa shape index (κ1) is 12.2. The molecule has 1 rings (SSSR count). The van der Waals surface area contributed by atoms with E-state index in [1.807, 2.05) is 24.3 Å². The molecule has 0 aliphatic heterocycles. The molecule has 0 heterocycles. The van der Waals surface area contributed by atoms with Crippen LogP contribution in [0.25, 0.3) is 6.08 Å². The number of hydrogen-bond donors (Lipinski definition) is 3. The van der Waals surface area contributed by atoms with E-state index < -0.39 is 5.97 Å². The zero-order valence-electron chi connectivity index (χ0n) is 8.51. The van der Waals surface area contributed by atoms with Crippen LogP contribution < -0.4 is 11.1 Å². The van der Waals surface area contributed by atoms with E-state index in [2.05, 4.69) is 5.32 Å². The van der Waals surface area contributed by atoms with E-state index in [1.54, 1.807) is 12.2 Å². The van der Waals surface area contributed by atoms with Crippen LogP contribution in [-0.2, 0) is 4.79 Å². The Balaban J connectivity index is 2.82. The number of carboxylic acid groups (broad SMARTS) is 1. The van der Waals surface area contributed by atoms with Gasteiger partial charge in [0.05, 0.1) is 6.42 Å². The highest BCUT2D eigenvalue weighted by Gasteiger charge is 1.98. The number of anilines is 1. The smallest absolute Gasteiger partial charge is 0.307 e. The predicted octanol–water partition coefficient (Wildman–Crippen LogP) is 1.83. The van der Waals surface area contributed by atoms with E-state index in [1.165, 1.54) is 0 Å². The topological polar surface area (TPSA) is 75.3 Å². The maximum atomic E-state index is 10.3. The van der Waals surface area contributed by atoms with Crippen molar-refractivity contribution in [2.45, 2.75) is 6.42 Å². The van der Waals surface area contributed by atoms with Gasteiger partial charge >= 0.3 is 5.97 Å². The van der Waals surface area contributed by atoms with Crippen LogP contribution in [0.2, 0.25) is 0 Å². The fourth-order valence-electron chi connectivity index (χ4n) is 1.18. The maximum absolute atomic E-state index is 10.3. The zero-order chi connectivity index (χ0) is 12.0. The lowest BCUT2D eigenvalue weighted by atomic mass is 10.1. The van der Waals surface area contributed by atoms with E-state index in [9.17, 15) is 4.79 Å². The molecule has 0 amide bonds. The summed E-state index contributed by atoms with van der Waals surface area (Å²) in [4.78, 5) is 10.3. The maximum Gasteiger partial charge on any atom is 0.307 e. The minimum atomic E-state index is -0.865. The van der Waals surface area contributed by atoms with Crippen molar-refractivity contribution in [3.8, 4) is 0 Å². The summed E-state index contributed by atoms with van der Waals surface area (Å²) in [6.07, 6.45) is 3.28. The summed E-state index contributed by atoms with van der Waals surface area (Å²) in [5.74, 6) is -0.865. The third kappa shape index (κ3) is 4.10. The summed E-state index contributed by atoms with van der Waals surface area (Å²) >= 11 is 4.74. The van der Waals surface area contributed by atoms with Crippen LogP contribution in [0.3, 0.4) is 0 Å². The van der Waals surface area contributed by atoms with Gasteiger partial charge in [-0.2, -0.15) is 0 Å². The molecule has 4 nitrogen and oxygen atoms in total. The predicted molar refractivity (Wildman–Crippen MR) is 68.1 cm³/mol. The summed E-state index contributed by atoms with van der Waals surface area (Å²) in [6, 6.07) is 7.36. The molecule has 4 N–H and O–H groups in total. The fourth-order valence-corrected chi connectivity index (χ4v) is 1.29. The number of benzene rings is 1. The van der Waals surface area contributed by atoms with Crippen molar-refractivity contribution in [2.24, 2.45) is 5.73 Å². The highest BCUT2D eigenvalue weighted by molar-refractivity contribution is 7.80. The number of aliphatic carboxylic acids is 1. The van der Waals surface area contributed by atoms with Crippen molar-refractivity contribution in [3.63, 3.8) is 0 Å². The van der Waals surface area contributed by atoms with Gasteiger partial charge < -0.3 is 16.2 Å². The van der Waals surface area contributed by atoms with Crippen LogP contribution in [0.1, 0.15) is 12.0 Å². The third-order valence-corrected chi connectivity index (χ3v) is 1.91. The van der Waals surface area contributed by atoms with Gasteiger partial charge in [-0.25, -0.2) is 0 Å². The normalized spacial score (nSPS) is 10.2. The summed E-state index contributed by atoms with van der Waals surface area (Å²) in [5.41, 5.74) is 6.98. The van der Waals surface area contributed by atoms with E-state index in [4.69, 9.17) is 23.1 Å². The summed E-state index contributed by atoms with van der Waals surface area (Å²) in [5, 5.41) is 11.5. The van der Waals surface area contributed by atoms with Gasteiger partial charge in [-0.3, -0.25) is 4.79 Å². The van der Waals surface area contributed by atoms with Crippen molar-refractivity contribution in [1.29, 1.82) is 0 Å². The van der Waals surface area contributed by atoms with Crippen molar-refractivity contribution >= 4 is 35.1 Å². The molecule has 1 aromatic carbocycles. The lowest BCUT2D eigenvalue weighted by Gasteiger charge is -2.06. The zero-order valence-corrected chi connectivity index (χ0v) is 9.33. The molecule has 0 saturated heterocycles. The van der Waals surface area contributed by atoms with Gasteiger partial charge in [0.25, 0.3) is 0 Å². The fraction of sp³-hybridized carbons (Fsp3) is 0.0909. The molecule has 5 heteroatoms. The standard InChI is InChI=1S/C11H12N2O2S/c12-11(16)13-9-6-2-1-4-8(9)5-3-7-10(14)15/h1-6H,7H2,(H,14,15)(H3,12,13,16). The number of rotatable bonds is 4.